The van der Waals surface area contributed by atoms with Crippen LogP contribution >= 0.6 is 0 Å². The third kappa shape index (κ3) is 6.40. The number of hydrogen-bond acceptors (Lipinski definition) is 3. The molecule has 0 aliphatic heterocycles. The fraction of sp³-hybridized carbons (Fsp3) is 0.0377. The number of rotatable bonds is 5. The van der Waals surface area contributed by atoms with E-state index in [9.17, 15) is 15.8 Å². The lowest BCUT2D eigenvalue weighted by Crippen LogP contribution is -2.16. The van der Waals surface area contributed by atoms with Crippen molar-refractivity contribution in [3.8, 4) is 63.0 Å². The van der Waals surface area contributed by atoms with Gasteiger partial charge in [0.1, 0.15) is 0 Å². The normalized spacial score (nSPS) is 11.9. The molecule has 11 heteroatoms. The van der Waals surface area contributed by atoms with E-state index in [1.807, 2.05) is 48.5 Å². The van der Waals surface area contributed by atoms with Crippen molar-refractivity contribution in [1.29, 1.82) is 15.8 Å². The second kappa shape index (κ2) is 14.8. The number of halogens is 6. The molecule has 5 nitrogen and oxygen atoms in total. The highest BCUT2D eigenvalue weighted by Crippen LogP contribution is 2.51. The summed E-state index contributed by atoms with van der Waals surface area (Å²) in [4.78, 5) is 0. The lowest BCUT2D eigenvalue weighted by Gasteiger charge is -2.25. The molecule has 0 saturated carbocycles. The van der Waals surface area contributed by atoms with Gasteiger partial charge in [0.25, 0.3) is 0 Å². The van der Waals surface area contributed by atoms with E-state index in [1.165, 1.54) is 12.1 Å². The third-order valence-corrected chi connectivity index (χ3v) is 11.7. The van der Waals surface area contributed by atoms with E-state index >= 15 is 26.3 Å². The van der Waals surface area contributed by atoms with Crippen LogP contribution in [0.4, 0.5) is 26.3 Å². The van der Waals surface area contributed by atoms with Gasteiger partial charge in [-0.3, -0.25) is 0 Å². The van der Waals surface area contributed by atoms with Crippen LogP contribution in [0, 0.1) is 34.0 Å². The minimum absolute atomic E-state index is 0.0184. The maximum atomic E-state index is 15.5. The minimum atomic E-state index is -5.26. The molecule has 0 radical (unpaired) electrons. The van der Waals surface area contributed by atoms with Crippen LogP contribution in [0.3, 0.4) is 0 Å². The summed E-state index contributed by atoms with van der Waals surface area (Å²) in [6.07, 6.45) is -10.5. The summed E-state index contributed by atoms with van der Waals surface area (Å²) >= 11 is 0. The van der Waals surface area contributed by atoms with Gasteiger partial charge in [-0.2, -0.15) is 42.1 Å². The first kappa shape index (κ1) is 39.5. The largest absolute Gasteiger partial charge is 0.417 e. The van der Waals surface area contributed by atoms with Crippen LogP contribution in [-0.2, 0) is 12.4 Å². The summed E-state index contributed by atoms with van der Waals surface area (Å²) in [5.41, 5.74) is 0.777. The third-order valence-electron chi connectivity index (χ3n) is 11.7. The Bertz CT molecular complexity index is 3440. The molecule has 0 bridgehead atoms. The van der Waals surface area contributed by atoms with Crippen LogP contribution in [-0.4, -0.2) is 9.13 Å². The summed E-state index contributed by atoms with van der Waals surface area (Å²) in [6, 6.07) is 50.0. The minimum Gasteiger partial charge on any atom is -0.308 e. The van der Waals surface area contributed by atoms with E-state index < -0.39 is 34.6 Å². The summed E-state index contributed by atoms with van der Waals surface area (Å²) in [5.74, 6) is 0. The first-order chi connectivity index (χ1) is 30.9. The quantitative estimate of drug-likeness (QED) is 0.162. The van der Waals surface area contributed by atoms with Crippen molar-refractivity contribution in [1.82, 2.24) is 9.13 Å². The number of fused-ring (bicyclic) bond motifs is 6. The van der Waals surface area contributed by atoms with E-state index in [4.69, 9.17) is 0 Å². The van der Waals surface area contributed by atoms with Crippen LogP contribution in [0.15, 0.2) is 164 Å². The van der Waals surface area contributed by atoms with E-state index in [0.29, 0.717) is 78.0 Å². The Morgan fingerprint density at radius 3 is 1.11 bits per heavy atom. The average Bonchev–Trinajstić information content (AvgIpc) is 3.82. The van der Waals surface area contributed by atoms with Gasteiger partial charge in [-0.25, -0.2) is 0 Å². The number of alkyl halides is 6. The smallest absolute Gasteiger partial charge is 0.308 e. The first-order valence-electron chi connectivity index (χ1n) is 19.8. The van der Waals surface area contributed by atoms with Crippen molar-refractivity contribution in [3.05, 3.63) is 192 Å². The van der Waals surface area contributed by atoms with Crippen LogP contribution in [0.2, 0.25) is 0 Å². The Labute approximate surface area is 360 Å². The number of para-hydroxylation sites is 2. The van der Waals surface area contributed by atoms with Gasteiger partial charge in [-0.05, 0) is 95.1 Å². The standard InChI is InChI=1S/C53H27F6N5/c54-52(55,56)42-8-5-9-43(53(57,58)59)50(42)51-48(63-44-10-3-1-6-38(44)40-22-20-36(26-46(40)63)34-16-12-31(28-60)13-17-34)24-33(30-62)25-49(51)64-45-11-4-2-7-39(45)41-23-21-37(27-47(41)64)35-18-14-32(29-61)15-19-35/h1-27H. The molecule has 0 atom stereocenters. The van der Waals surface area contributed by atoms with Crippen LogP contribution < -0.4 is 0 Å². The number of benzene rings is 8. The highest BCUT2D eigenvalue weighted by molar-refractivity contribution is 6.13. The molecule has 10 aromatic rings. The molecule has 0 amide bonds. The molecule has 0 N–H and O–H groups in total. The van der Waals surface area contributed by atoms with Crippen molar-refractivity contribution >= 4 is 43.6 Å². The van der Waals surface area contributed by atoms with E-state index in [2.05, 4.69) is 18.2 Å². The predicted molar refractivity (Wildman–Crippen MR) is 236 cm³/mol. The summed E-state index contributed by atoms with van der Waals surface area (Å²) < 4.78 is 96.4. The Kier molecular flexibility index (Phi) is 9.14. The second-order valence-corrected chi connectivity index (χ2v) is 15.3. The topological polar surface area (TPSA) is 81.2 Å². The van der Waals surface area contributed by atoms with Gasteiger partial charge in [-0.15, -0.1) is 0 Å². The van der Waals surface area contributed by atoms with Crippen LogP contribution in [0.25, 0.3) is 88.4 Å². The van der Waals surface area contributed by atoms with Crippen molar-refractivity contribution < 1.29 is 26.3 Å². The fourth-order valence-electron chi connectivity index (χ4n) is 8.87. The lowest BCUT2D eigenvalue weighted by atomic mass is 9.89. The number of nitriles is 3. The summed E-state index contributed by atoms with van der Waals surface area (Å²) in [6.45, 7) is 0. The molecule has 2 aromatic heterocycles. The molecule has 0 aliphatic rings. The molecule has 64 heavy (non-hydrogen) atoms. The molecule has 2 heterocycles. The molecule has 0 unspecified atom stereocenters. The summed E-state index contributed by atoms with van der Waals surface area (Å²) in [7, 11) is 0. The summed E-state index contributed by atoms with van der Waals surface area (Å²) in [5, 5.41) is 32.3. The lowest BCUT2D eigenvalue weighted by molar-refractivity contribution is -0.142. The maximum absolute atomic E-state index is 15.5. The molecule has 0 saturated heterocycles. The Balaban J connectivity index is 1.41. The molecule has 0 spiro atoms. The van der Waals surface area contributed by atoms with E-state index in [-0.39, 0.29) is 16.9 Å². The SMILES string of the molecule is N#Cc1ccc(-c2ccc3c4ccccc4n(-c4cc(C#N)cc(-n5c6ccccc6c6ccc(-c7ccc(C#N)cc7)cc65)c4-c4c(C(F)(F)F)cccc4C(F)(F)F)c3c2)cc1. The van der Waals surface area contributed by atoms with Crippen molar-refractivity contribution in [2.45, 2.75) is 12.4 Å². The molecule has 10 rings (SSSR count). The molecule has 8 aromatic carbocycles. The average molecular weight is 848 g/mol. The monoisotopic (exact) mass is 847 g/mol. The van der Waals surface area contributed by atoms with Gasteiger partial charge >= 0.3 is 12.4 Å². The van der Waals surface area contributed by atoms with Gasteiger partial charge in [0.15, 0.2) is 0 Å². The van der Waals surface area contributed by atoms with Gasteiger partial charge in [0, 0.05) is 32.7 Å². The predicted octanol–water partition coefficient (Wildman–Crippen LogP) is 14.5. The molecule has 0 fully saturated rings. The molecular formula is C53H27F6N5. The Hall–Kier alpha value is -8.59. The number of aromatic nitrogens is 2. The Morgan fingerprint density at radius 1 is 0.344 bits per heavy atom. The zero-order valence-corrected chi connectivity index (χ0v) is 33.1. The maximum Gasteiger partial charge on any atom is 0.417 e. The first-order valence-corrected chi connectivity index (χ1v) is 19.8. The van der Waals surface area contributed by atoms with Crippen molar-refractivity contribution in [2.75, 3.05) is 0 Å². The van der Waals surface area contributed by atoms with Gasteiger partial charge < -0.3 is 9.13 Å². The van der Waals surface area contributed by atoms with E-state index in [1.54, 1.807) is 94.1 Å². The van der Waals surface area contributed by atoms with Crippen molar-refractivity contribution in [3.63, 3.8) is 0 Å². The van der Waals surface area contributed by atoms with Crippen molar-refractivity contribution in [2.24, 2.45) is 0 Å². The molecule has 0 aliphatic carbocycles. The molecular weight excluding hydrogens is 821 g/mol. The zero-order valence-electron chi connectivity index (χ0n) is 33.1. The second-order valence-electron chi connectivity index (χ2n) is 15.3. The van der Waals surface area contributed by atoms with Crippen LogP contribution in [0.5, 0.6) is 0 Å². The molecule has 306 valence electrons. The highest BCUT2D eigenvalue weighted by atomic mass is 19.4. The highest BCUT2D eigenvalue weighted by Gasteiger charge is 2.43. The van der Waals surface area contributed by atoms with Gasteiger partial charge in [0.2, 0.25) is 0 Å². The van der Waals surface area contributed by atoms with Crippen LogP contribution in [0.1, 0.15) is 27.8 Å². The fourth-order valence-corrected chi connectivity index (χ4v) is 8.87. The number of nitrogens with zero attached hydrogens (tertiary/aromatic N) is 5. The number of hydrogen-bond donors (Lipinski definition) is 0. The zero-order chi connectivity index (χ0) is 44.5. The Morgan fingerprint density at radius 2 is 0.719 bits per heavy atom. The van der Waals surface area contributed by atoms with Gasteiger partial charge in [0.05, 0.1) is 79.5 Å². The van der Waals surface area contributed by atoms with E-state index in [0.717, 1.165) is 17.2 Å². The van der Waals surface area contributed by atoms with Gasteiger partial charge in [-0.1, -0.05) is 91.0 Å².